The van der Waals surface area contributed by atoms with E-state index in [-0.39, 0.29) is 11.8 Å². The lowest BCUT2D eigenvalue weighted by Gasteiger charge is -2.14. The van der Waals surface area contributed by atoms with Crippen LogP contribution in [0.3, 0.4) is 0 Å². The fraction of sp³-hybridized carbons (Fsp3) is 0.368. The van der Waals surface area contributed by atoms with Crippen molar-refractivity contribution in [2.75, 3.05) is 5.32 Å². The van der Waals surface area contributed by atoms with E-state index in [1.807, 2.05) is 27.8 Å². The van der Waals surface area contributed by atoms with E-state index < -0.39 is 17.9 Å². The molecular weight excluding hydrogens is 348 g/mol. The zero-order valence-corrected chi connectivity index (χ0v) is 16.0. The van der Waals surface area contributed by atoms with E-state index >= 15 is 0 Å². The van der Waals surface area contributed by atoms with Gasteiger partial charge in [-0.2, -0.15) is 5.10 Å². The smallest absolute Gasteiger partial charge is 0.325 e. The molecule has 0 aliphatic rings. The van der Waals surface area contributed by atoms with Crippen LogP contribution in [0.4, 0.5) is 5.69 Å². The summed E-state index contributed by atoms with van der Waals surface area (Å²) in [6, 6.07) is 5.29. The molecule has 2 rings (SSSR count). The molecule has 0 saturated carbocycles. The minimum absolute atomic E-state index is 0.175. The lowest BCUT2D eigenvalue weighted by molar-refractivity contribution is -0.138. The van der Waals surface area contributed by atoms with Gasteiger partial charge < -0.3 is 15.7 Å². The van der Waals surface area contributed by atoms with Gasteiger partial charge in [-0.15, -0.1) is 0 Å². The molecule has 1 aromatic carbocycles. The molecule has 8 heteroatoms. The highest BCUT2D eigenvalue weighted by molar-refractivity contribution is 5.98. The summed E-state index contributed by atoms with van der Waals surface area (Å²) in [6.45, 7) is 7.00. The summed E-state index contributed by atoms with van der Waals surface area (Å²) in [7, 11) is 1.84. The maximum atomic E-state index is 12.6. The van der Waals surface area contributed by atoms with Crippen molar-refractivity contribution in [2.24, 2.45) is 7.05 Å². The largest absolute Gasteiger partial charge is 0.480 e. The molecule has 2 amide bonds. The van der Waals surface area contributed by atoms with E-state index in [2.05, 4.69) is 15.7 Å². The molecule has 2 atom stereocenters. The molecular formula is C19H24N4O4. The summed E-state index contributed by atoms with van der Waals surface area (Å²) >= 11 is 0. The van der Waals surface area contributed by atoms with Gasteiger partial charge in [0.15, 0.2) is 0 Å². The summed E-state index contributed by atoms with van der Waals surface area (Å²) in [5, 5.41) is 18.4. The molecule has 1 aromatic heterocycles. The highest BCUT2D eigenvalue weighted by Gasteiger charge is 2.23. The third-order valence-electron chi connectivity index (χ3n) is 4.52. The van der Waals surface area contributed by atoms with Crippen LogP contribution in [0.15, 0.2) is 24.3 Å². The maximum Gasteiger partial charge on any atom is 0.325 e. The molecule has 3 N–H and O–H groups in total. The number of carboxylic acids is 1. The zero-order valence-electron chi connectivity index (χ0n) is 16.0. The molecule has 144 valence electrons. The molecule has 0 radical (unpaired) electrons. The highest BCUT2D eigenvalue weighted by Crippen LogP contribution is 2.24. The van der Waals surface area contributed by atoms with Gasteiger partial charge in [0.05, 0.1) is 11.6 Å². The lowest BCUT2D eigenvalue weighted by atomic mass is 9.98. The molecule has 0 fully saturated rings. The van der Waals surface area contributed by atoms with E-state index in [0.717, 1.165) is 17.0 Å². The number of aryl methyl sites for hydroxylation is 2. The second-order valence-electron chi connectivity index (χ2n) is 6.53. The quantitative estimate of drug-likeness (QED) is 0.718. The van der Waals surface area contributed by atoms with Gasteiger partial charge in [0.25, 0.3) is 5.91 Å². The van der Waals surface area contributed by atoms with E-state index in [0.29, 0.717) is 11.3 Å². The number of hydrogen-bond acceptors (Lipinski definition) is 4. The Hall–Kier alpha value is -3.16. The van der Waals surface area contributed by atoms with Crippen molar-refractivity contribution >= 4 is 23.5 Å². The Morgan fingerprint density at radius 1 is 1.11 bits per heavy atom. The molecule has 2 aromatic rings. The molecule has 0 aliphatic carbocycles. The third-order valence-corrected chi connectivity index (χ3v) is 4.52. The normalized spacial score (nSPS) is 12.9. The molecule has 8 nitrogen and oxygen atoms in total. The van der Waals surface area contributed by atoms with Crippen LogP contribution in [0, 0.1) is 13.8 Å². The number of anilines is 1. The number of nitrogens with zero attached hydrogens (tertiary/aromatic N) is 2. The number of rotatable bonds is 6. The Morgan fingerprint density at radius 3 is 2.19 bits per heavy atom. The van der Waals surface area contributed by atoms with Gasteiger partial charge in [-0.1, -0.05) is 0 Å². The average Bonchev–Trinajstić information content (AvgIpc) is 2.86. The topological polar surface area (TPSA) is 113 Å². The number of carboxylic acid groups (broad SMARTS) is 1. The minimum atomic E-state index is -1.11. The molecule has 1 heterocycles. The second-order valence-corrected chi connectivity index (χ2v) is 6.53. The van der Waals surface area contributed by atoms with Gasteiger partial charge >= 0.3 is 5.97 Å². The monoisotopic (exact) mass is 372 g/mol. The van der Waals surface area contributed by atoms with Gasteiger partial charge in [-0.3, -0.25) is 19.1 Å². The van der Waals surface area contributed by atoms with Gasteiger partial charge in [-0.25, -0.2) is 0 Å². The second kappa shape index (κ2) is 8.03. The zero-order chi connectivity index (χ0) is 20.3. The summed E-state index contributed by atoms with van der Waals surface area (Å²) in [5.74, 6) is -2.15. The van der Waals surface area contributed by atoms with Gasteiger partial charge in [-0.05, 0) is 52.0 Å². The third kappa shape index (κ3) is 4.52. The van der Waals surface area contributed by atoms with Crippen LogP contribution in [-0.2, 0) is 16.6 Å². The molecule has 2 unspecified atom stereocenters. The maximum absolute atomic E-state index is 12.6. The Balaban J connectivity index is 2.06. The predicted molar refractivity (Wildman–Crippen MR) is 101 cm³/mol. The first-order chi connectivity index (χ1) is 12.6. The first-order valence-electron chi connectivity index (χ1n) is 8.56. The first kappa shape index (κ1) is 20.2. The van der Waals surface area contributed by atoms with Crippen LogP contribution in [0.1, 0.15) is 47.1 Å². The predicted octanol–water partition coefficient (Wildman–Crippen LogP) is 1.98. The standard InChI is InChI=1S/C19H24N4O4/c1-10(16-11(2)22-23(5)13(16)4)17(24)21-15-8-6-14(7-9-15)18(25)20-12(3)19(26)27/h6-10,12H,1-5H3,(H,20,25)(H,21,24)(H,26,27). The number of amides is 2. The van der Waals surface area contributed by atoms with Crippen LogP contribution in [0.5, 0.6) is 0 Å². The van der Waals surface area contributed by atoms with E-state index in [9.17, 15) is 14.4 Å². The SMILES string of the molecule is Cc1nn(C)c(C)c1C(C)C(=O)Nc1ccc(C(=O)NC(C)C(=O)O)cc1. The van der Waals surface area contributed by atoms with Crippen molar-refractivity contribution in [1.82, 2.24) is 15.1 Å². The van der Waals surface area contributed by atoms with Crippen molar-refractivity contribution in [1.29, 1.82) is 0 Å². The van der Waals surface area contributed by atoms with Crippen LogP contribution < -0.4 is 10.6 Å². The molecule has 27 heavy (non-hydrogen) atoms. The first-order valence-corrected chi connectivity index (χ1v) is 8.56. The Morgan fingerprint density at radius 2 is 1.70 bits per heavy atom. The average molecular weight is 372 g/mol. The number of aliphatic carboxylic acids is 1. The van der Waals surface area contributed by atoms with Crippen molar-refractivity contribution in [3.05, 3.63) is 46.8 Å². The number of aromatic nitrogens is 2. The fourth-order valence-corrected chi connectivity index (χ4v) is 2.84. The van der Waals surface area contributed by atoms with Gasteiger partial charge in [0.2, 0.25) is 5.91 Å². The van der Waals surface area contributed by atoms with Crippen molar-refractivity contribution in [3.63, 3.8) is 0 Å². The van der Waals surface area contributed by atoms with E-state index in [1.54, 1.807) is 16.8 Å². The number of hydrogen-bond donors (Lipinski definition) is 3. The number of carbonyl (C=O) groups is 3. The Bertz CT molecular complexity index is 871. The number of nitrogens with one attached hydrogen (secondary N) is 2. The fourth-order valence-electron chi connectivity index (χ4n) is 2.84. The lowest BCUT2D eigenvalue weighted by Crippen LogP contribution is -2.38. The summed E-state index contributed by atoms with van der Waals surface area (Å²) in [6.07, 6.45) is 0. The summed E-state index contributed by atoms with van der Waals surface area (Å²) in [4.78, 5) is 35.4. The molecule has 0 bridgehead atoms. The molecule has 0 saturated heterocycles. The van der Waals surface area contributed by atoms with Crippen molar-refractivity contribution in [3.8, 4) is 0 Å². The van der Waals surface area contributed by atoms with Gasteiger partial charge in [0.1, 0.15) is 6.04 Å². The minimum Gasteiger partial charge on any atom is -0.480 e. The van der Waals surface area contributed by atoms with Gasteiger partial charge in [0, 0.05) is 29.6 Å². The molecule has 0 aliphatic heterocycles. The van der Waals surface area contributed by atoms with E-state index in [4.69, 9.17) is 5.11 Å². The van der Waals surface area contributed by atoms with E-state index in [1.165, 1.54) is 19.1 Å². The Kier molecular flexibility index (Phi) is 5.99. The Labute approximate surface area is 157 Å². The van der Waals surface area contributed by atoms with Crippen LogP contribution in [0.2, 0.25) is 0 Å². The van der Waals surface area contributed by atoms with Crippen molar-refractivity contribution < 1.29 is 19.5 Å². The number of benzene rings is 1. The molecule has 0 spiro atoms. The van der Waals surface area contributed by atoms with Crippen molar-refractivity contribution in [2.45, 2.75) is 39.7 Å². The summed E-state index contributed by atoms with van der Waals surface area (Å²) in [5.41, 5.74) is 3.52. The summed E-state index contributed by atoms with van der Waals surface area (Å²) < 4.78 is 1.75. The van der Waals surface area contributed by atoms with Crippen LogP contribution >= 0.6 is 0 Å². The van der Waals surface area contributed by atoms with Crippen LogP contribution in [0.25, 0.3) is 0 Å². The highest BCUT2D eigenvalue weighted by atomic mass is 16.4. The van der Waals surface area contributed by atoms with Crippen LogP contribution in [-0.4, -0.2) is 38.7 Å². The number of carbonyl (C=O) groups excluding carboxylic acids is 2.